The number of nitrogens with two attached hydrogens (primary N) is 1. The van der Waals surface area contributed by atoms with Crippen LogP contribution in [-0.4, -0.2) is 72.6 Å². The van der Waals surface area contributed by atoms with E-state index in [0.717, 1.165) is 25.9 Å². The Hall–Kier alpha value is -1.81. The minimum atomic E-state index is -0.779. The van der Waals surface area contributed by atoms with Crippen LogP contribution in [0.4, 0.5) is 5.82 Å². The maximum atomic E-state index is 10.8. The smallest absolute Gasteiger partial charge is 0.167 e. The number of anilines is 1. The summed E-state index contributed by atoms with van der Waals surface area (Å²) >= 11 is 0. The highest BCUT2D eigenvalue weighted by Gasteiger charge is 2.48. The third kappa shape index (κ3) is 2.27. The number of nitrogen functional groups attached to an aromatic ring is 1. The number of ether oxygens (including phenoxy) is 1. The Morgan fingerprint density at radius 2 is 2.04 bits per heavy atom. The molecule has 0 amide bonds. The zero-order valence-corrected chi connectivity index (χ0v) is 12.6. The number of hydrogen-bond acceptors (Lipinski definition) is 8. The SMILES string of the molecule is Nc1ncnc2c1ncn2[C@@H]1O[C@H](CO)[C@@H](N2CCCC2)[C@@H]1O. The first-order valence-electron chi connectivity index (χ1n) is 7.82. The van der Waals surface area contributed by atoms with E-state index < -0.39 is 18.4 Å². The van der Waals surface area contributed by atoms with Gasteiger partial charge in [-0.2, -0.15) is 0 Å². The molecule has 4 N–H and O–H groups in total. The molecule has 4 rings (SSSR count). The molecular weight excluding hydrogens is 300 g/mol. The summed E-state index contributed by atoms with van der Waals surface area (Å²) in [4.78, 5) is 14.5. The van der Waals surface area contributed by atoms with E-state index in [1.807, 2.05) is 0 Å². The largest absolute Gasteiger partial charge is 0.394 e. The molecule has 9 nitrogen and oxygen atoms in total. The molecule has 2 aliphatic heterocycles. The van der Waals surface area contributed by atoms with Gasteiger partial charge in [0.25, 0.3) is 0 Å². The van der Waals surface area contributed by atoms with Crippen molar-refractivity contribution in [3.8, 4) is 0 Å². The van der Waals surface area contributed by atoms with E-state index in [2.05, 4.69) is 19.9 Å². The first-order valence-corrected chi connectivity index (χ1v) is 7.82. The zero-order chi connectivity index (χ0) is 16.0. The summed E-state index contributed by atoms with van der Waals surface area (Å²) in [5.74, 6) is 0.288. The highest BCUT2D eigenvalue weighted by molar-refractivity contribution is 5.81. The highest BCUT2D eigenvalue weighted by Crippen LogP contribution is 2.35. The molecule has 2 fully saturated rings. The fourth-order valence-electron chi connectivity index (χ4n) is 3.66. The topological polar surface area (TPSA) is 123 Å². The van der Waals surface area contributed by atoms with Gasteiger partial charge >= 0.3 is 0 Å². The number of likely N-dealkylation sites (tertiary alicyclic amines) is 1. The minimum Gasteiger partial charge on any atom is -0.394 e. The van der Waals surface area contributed by atoms with E-state index in [1.54, 1.807) is 10.9 Å². The third-order valence-electron chi connectivity index (χ3n) is 4.74. The summed E-state index contributed by atoms with van der Waals surface area (Å²) in [5, 5.41) is 20.5. The van der Waals surface area contributed by atoms with E-state index in [4.69, 9.17) is 10.5 Å². The number of aromatic nitrogens is 4. The lowest BCUT2D eigenvalue weighted by molar-refractivity contribution is -0.0497. The van der Waals surface area contributed by atoms with Gasteiger partial charge in [0, 0.05) is 0 Å². The van der Waals surface area contributed by atoms with Crippen LogP contribution in [0.1, 0.15) is 19.1 Å². The fraction of sp³-hybridized carbons (Fsp3) is 0.643. The predicted molar refractivity (Wildman–Crippen MR) is 81.3 cm³/mol. The lowest BCUT2D eigenvalue weighted by Gasteiger charge is -2.28. The number of aliphatic hydroxyl groups is 2. The van der Waals surface area contributed by atoms with Crippen molar-refractivity contribution in [3.05, 3.63) is 12.7 Å². The second-order valence-electron chi connectivity index (χ2n) is 6.05. The monoisotopic (exact) mass is 320 g/mol. The van der Waals surface area contributed by atoms with Crippen molar-refractivity contribution < 1.29 is 14.9 Å². The van der Waals surface area contributed by atoms with E-state index in [9.17, 15) is 10.2 Å². The van der Waals surface area contributed by atoms with Crippen molar-refractivity contribution >= 4 is 17.0 Å². The van der Waals surface area contributed by atoms with E-state index in [1.165, 1.54) is 6.33 Å². The first kappa shape index (κ1) is 14.8. The number of rotatable bonds is 3. The van der Waals surface area contributed by atoms with Crippen molar-refractivity contribution in [2.24, 2.45) is 0 Å². The molecule has 2 aromatic heterocycles. The van der Waals surface area contributed by atoms with Crippen LogP contribution in [0.3, 0.4) is 0 Å². The Morgan fingerprint density at radius 3 is 2.78 bits per heavy atom. The van der Waals surface area contributed by atoms with Gasteiger partial charge in [0.1, 0.15) is 24.1 Å². The Kier molecular flexibility index (Phi) is 3.64. The van der Waals surface area contributed by atoms with Crippen LogP contribution in [0.25, 0.3) is 11.2 Å². The molecule has 0 spiro atoms. The molecule has 0 radical (unpaired) electrons. The average Bonchev–Trinajstić information content (AvgIpc) is 3.25. The van der Waals surface area contributed by atoms with Crippen molar-refractivity contribution in [3.63, 3.8) is 0 Å². The maximum absolute atomic E-state index is 10.8. The number of fused-ring (bicyclic) bond motifs is 1. The number of hydrogen-bond donors (Lipinski definition) is 3. The molecule has 124 valence electrons. The molecule has 0 saturated carbocycles. The van der Waals surface area contributed by atoms with Crippen LogP contribution in [0.5, 0.6) is 0 Å². The molecule has 0 bridgehead atoms. The van der Waals surface area contributed by atoms with Crippen LogP contribution >= 0.6 is 0 Å². The molecule has 0 aliphatic carbocycles. The van der Waals surface area contributed by atoms with Gasteiger partial charge in [-0.15, -0.1) is 0 Å². The summed E-state index contributed by atoms with van der Waals surface area (Å²) < 4.78 is 7.58. The Bertz CT molecular complexity index is 701. The first-order chi connectivity index (χ1) is 11.2. The van der Waals surface area contributed by atoms with Gasteiger partial charge in [-0.3, -0.25) is 9.47 Å². The van der Waals surface area contributed by atoms with E-state index in [0.29, 0.717) is 11.2 Å². The molecule has 4 atom stereocenters. The molecule has 2 saturated heterocycles. The number of imidazole rings is 1. The van der Waals surface area contributed by atoms with Crippen molar-refractivity contribution in [2.75, 3.05) is 25.4 Å². The van der Waals surface area contributed by atoms with Gasteiger partial charge in [0.2, 0.25) is 0 Å². The van der Waals surface area contributed by atoms with E-state index >= 15 is 0 Å². The van der Waals surface area contributed by atoms with Gasteiger partial charge < -0.3 is 20.7 Å². The maximum Gasteiger partial charge on any atom is 0.167 e. The lowest BCUT2D eigenvalue weighted by atomic mass is 10.1. The van der Waals surface area contributed by atoms with Crippen molar-refractivity contribution in [1.82, 2.24) is 24.4 Å². The predicted octanol–water partition coefficient (Wildman–Crippen LogP) is -0.877. The minimum absolute atomic E-state index is 0.140. The Balaban J connectivity index is 1.69. The molecule has 0 aromatic carbocycles. The summed E-state index contributed by atoms with van der Waals surface area (Å²) in [6, 6.07) is -0.232. The molecular formula is C14H20N6O3. The van der Waals surface area contributed by atoms with Crippen LogP contribution in [-0.2, 0) is 4.74 Å². The summed E-state index contributed by atoms with van der Waals surface area (Å²) in [6.07, 6.45) is 3.23. The quantitative estimate of drug-likeness (QED) is 0.666. The molecule has 23 heavy (non-hydrogen) atoms. The third-order valence-corrected chi connectivity index (χ3v) is 4.74. The van der Waals surface area contributed by atoms with Gasteiger partial charge in [0.05, 0.1) is 19.0 Å². The lowest BCUT2D eigenvalue weighted by Crippen LogP contribution is -2.47. The standard InChI is InChI=1S/C14H20N6O3/c15-12-9-13(17-6-16-12)20(7-18-9)14-11(22)10(8(5-21)23-14)19-3-1-2-4-19/h6-8,10-11,14,21-22H,1-5H2,(H2,15,16,17)/t8-,10-,11+,14-/m1/s1. The normalized spacial score (nSPS) is 32.1. The van der Waals surface area contributed by atoms with Gasteiger partial charge in [-0.05, 0) is 25.9 Å². The van der Waals surface area contributed by atoms with Gasteiger partial charge in [0.15, 0.2) is 17.7 Å². The number of aliphatic hydroxyl groups excluding tert-OH is 2. The molecule has 0 unspecified atom stereocenters. The fourth-order valence-corrected chi connectivity index (χ4v) is 3.66. The second kappa shape index (κ2) is 5.68. The van der Waals surface area contributed by atoms with Gasteiger partial charge in [-0.1, -0.05) is 0 Å². The van der Waals surface area contributed by atoms with Crippen LogP contribution in [0.15, 0.2) is 12.7 Å². The molecule has 2 aliphatic rings. The Morgan fingerprint density at radius 1 is 1.26 bits per heavy atom. The zero-order valence-electron chi connectivity index (χ0n) is 12.6. The van der Waals surface area contributed by atoms with Gasteiger partial charge in [-0.25, -0.2) is 15.0 Å². The van der Waals surface area contributed by atoms with Crippen LogP contribution < -0.4 is 5.73 Å². The summed E-state index contributed by atoms with van der Waals surface area (Å²) in [5.41, 5.74) is 6.80. The molecule has 9 heteroatoms. The van der Waals surface area contributed by atoms with Crippen molar-refractivity contribution in [2.45, 2.75) is 37.3 Å². The average molecular weight is 320 g/mol. The Labute approximate surface area is 132 Å². The van der Waals surface area contributed by atoms with E-state index in [-0.39, 0.29) is 18.5 Å². The molecule has 2 aromatic rings. The van der Waals surface area contributed by atoms with Crippen LogP contribution in [0, 0.1) is 0 Å². The highest BCUT2D eigenvalue weighted by atomic mass is 16.5. The molecule has 4 heterocycles. The summed E-state index contributed by atoms with van der Waals surface area (Å²) in [7, 11) is 0. The van der Waals surface area contributed by atoms with Crippen LogP contribution in [0.2, 0.25) is 0 Å². The van der Waals surface area contributed by atoms with Crippen molar-refractivity contribution in [1.29, 1.82) is 0 Å². The summed E-state index contributed by atoms with van der Waals surface area (Å²) in [6.45, 7) is 1.68. The number of nitrogens with zero attached hydrogens (tertiary/aromatic N) is 5. The second-order valence-corrected chi connectivity index (χ2v) is 6.05.